The van der Waals surface area contributed by atoms with Gasteiger partial charge in [-0.2, -0.15) is 0 Å². The molecular formula is C16H15F3N4O2. The van der Waals surface area contributed by atoms with Gasteiger partial charge in [-0.25, -0.2) is 18.0 Å². The monoisotopic (exact) mass is 352 g/mol. The minimum Gasteiger partial charge on any atom is -0.338 e. The van der Waals surface area contributed by atoms with Gasteiger partial charge >= 0.3 is 6.03 Å². The van der Waals surface area contributed by atoms with Crippen LogP contribution in [0.4, 0.5) is 23.7 Å². The summed E-state index contributed by atoms with van der Waals surface area (Å²) in [6.07, 6.45) is 3.87. The number of benzene rings is 1. The summed E-state index contributed by atoms with van der Waals surface area (Å²) < 4.78 is 39.3. The van der Waals surface area contributed by atoms with Crippen LogP contribution in [0.15, 0.2) is 36.7 Å². The summed E-state index contributed by atoms with van der Waals surface area (Å²) in [5.41, 5.74) is 0.428. The lowest BCUT2D eigenvalue weighted by molar-refractivity contribution is -0.115. The van der Waals surface area contributed by atoms with Gasteiger partial charge in [0, 0.05) is 18.9 Å². The van der Waals surface area contributed by atoms with Crippen LogP contribution >= 0.6 is 0 Å². The zero-order valence-corrected chi connectivity index (χ0v) is 13.0. The number of nitrogens with zero attached hydrogens (tertiary/aromatic N) is 1. The number of hydrogen-bond donors (Lipinski definition) is 3. The largest absolute Gasteiger partial charge is 0.338 e. The van der Waals surface area contributed by atoms with E-state index < -0.39 is 41.6 Å². The van der Waals surface area contributed by atoms with Crippen LogP contribution in [-0.4, -0.2) is 30.0 Å². The number of hydrogen-bond acceptors (Lipinski definition) is 3. The Hall–Kier alpha value is -3.10. The molecule has 0 radical (unpaired) electrons. The Bertz CT molecular complexity index is 757. The van der Waals surface area contributed by atoms with E-state index in [4.69, 9.17) is 0 Å². The molecule has 1 heterocycles. The van der Waals surface area contributed by atoms with Gasteiger partial charge in [0.1, 0.15) is 0 Å². The fraction of sp³-hybridized carbons (Fsp3) is 0.188. The van der Waals surface area contributed by atoms with E-state index in [-0.39, 0.29) is 0 Å². The Morgan fingerprint density at radius 1 is 1.04 bits per heavy atom. The molecule has 1 aromatic heterocycles. The molecule has 0 spiro atoms. The molecule has 0 aliphatic rings. The highest BCUT2D eigenvalue weighted by Crippen LogP contribution is 2.19. The maximum Gasteiger partial charge on any atom is 0.315 e. The minimum absolute atomic E-state index is 0.330. The molecule has 0 aliphatic heterocycles. The molecule has 0 saturated heterocycles. The summed E-state index contributed by atoms with van der Waals surface area (Å²) in [6.45, 7) is -0.131. The number of halogens is 3. The summed E-state index contributed by atoms with van der Waals surface area (Å²) in [5.74, 6) is -5.33. The highest BCUT2D eigenvalue weighted by molar-refractivity contribution is 5.94. The molecule has 0 atom stereocenters. The van der Waals surface area contributed by atoms with Crippen LogP contribution in [0.2, 0.25) is 0 Å². The second kappa shape index (κ2) is 8.67. The first kappa shape index (κ1) is 18.2. The lowest BCUT2D eigenvalue weighted by atomic mass is 10.2. The van der Waals surface area contributed by atoms with Gasteiger partial charge in [-0.1, -0.05) is 6.07 Å². The number of aromatic nitrogens is 1. The molecular weight excluding hydrogens is 337 g/mol. The summed E-state index contributed by atoms with van der Waals surface area (Å²) in [5, 5.41) is 6.85. The van der Waals surface area contributed by atoms with Gasteiger partial charge in [-0.3, -0.25) is 9.78 Å². The zero-order valence-electron chi connectivity index (χ0n) is 13.0. The van der Waals surface area contributed by atoms with Crippen LogP contribution in [0.25, 0.3) is 0 Å². The molecule has 0 unspecified atom stereocenters. The summed E-state index contributed by atoms with van der Waals surface area (Å²) >= 11 is 0. The van der Waals surface area contributed by atoms with Gasteiger partial charge in [-0.05, 0) is 30.2 Å². The molecule has 6 nitrogen and oxygen atoms in total. The number of urea groups is 1. The van der Waals surface area contributed by atoms with Crippen molar-refractivity contribution in [2.24, 2.45) is 0 Å². The third-order valence-electron chi connectivity index (χ3n) is 3.14. The van der Waals surface area contributed by atoms with Crippen LogP contribution in [-0.2, 0) is 11.2 Å². The van der Waals surface area contributed by atoms with Crippen molar-refractivity contribution >= 4 is 17.6 Å². The van der Waals surface area contributed by atoms with Crippen LogP contribution in [0, 0.1) is 17.5 Å². The van der Waals surface area contributed by atoms with Crippen LogP contribution in [0.5, 0.6) is 0 Å². The topological polar surface area (TPSA) is 83.1 Å². The van der Waals surface area contributed by atoms with Crippen LogP contribution in [0.1, 0.15) is 5.56 Å². The lowest BCUT2D eigenvalue weighted by Crippen LogP contribution is -2.40. The van der Waals surface area contributed by atoms with E-state index in [9.17, 15) is 22.8 Å². The number of rotatable bonds is 6. The Morgan fingerprint density at radius 2 is 1.84 bits per heavy atom. The van der Waals surface area contributed by atoms with E-state index in [1.807, 2.05) is 11.4 Å². The van der Waals surface area contributed by atoms with Crippen LogP contribution < -0.4 is 16.0 Å². The van der Waals surface area contributed by atoms with E-state index in [0.717, 1.165) is 11.6 Å². The quantitative estimate of drug-likeness (QED) is 0.695. The third kappa shape index (κ3) is 5.48. The van der Waals surface area contributed by atoms with E-state index in [1.54, 1.807) is 18.5 Å². The van der Waals surface area contributed by atoms with Crippen molar-refractivity contribution < 1.29 is 22.8 Å². The smallest absolute Gasteiger partial charge is 0.315 e. The van der Waals surface area contributed by atoms with Crippen molar-refractivity contribution in [3.05, 3.63) is 59.7 Å². The molecule has 3 amide bonds. The minimum atomic E-state index is -1.68. The highest BCUT2D eigenvalue weighted by atomic mass is 19.2. The maximum atomic E-state index is 13.4. The van der Waals surface area contributed by atoms with E-state index >= 15 is 0 Å². The highest BCUT2D eigenvalue weighted by Gasteiger charge is 2.15. The average Bonchev–Trinajstić information content (AvgIpc) is 2.61. The number of pyridine rings is 1. The number of anilines is 1. The van der Waals surface area contributed by atoms with Crippen molar-refractivity contribution in [1.82, 2.24) is 15.6 Å². The Balaban J connectivity index is 1.72. The van der Waals surface area contributed by atoms with Crippen molar-refractivity contribution in [3.63, 3.8) is 0 Å². The van der Waals surface area contributed by atoms with E-state index in [0.29, 0.717) is 19.0 Å². The lowest BCUT2D eigenvalue weighted by Gasteiger charge is -2.09. The van der Waals surface area contributed by atoms with Crippen molar-refractivity contribution in [1.29, 1.82) is 0 Å². The molecule has 2 aromatic rings. The van der Waals surface area contributed by atoms with Crippen molar-refractivity contribution in [2.75, 3.05) is 18.4 Å². The molecule has 9 heteroatoms. The van der Waals surface area contributed by atoms with E-state index in [2.05, 4.69) is 15.6 Å². The fourth-order valence-electron chi connectivity index (χ4n) is 1.91. The first-order valence-corrected chi connectivity index (χ1v) is 7.31. The molecule has 3 N–H and O–H groups in total. The van der Waals surface area contributed by atoms with Gasteiger partial charge in [0.2, 0.25) is 5.91 Å². The third-order valence-corrected chi connectivity index (χ3v) is 3.14. The number of nitrogens with one attached hydrogen (secondary N) is 3. The second-order valence-electron chi connectivity index (χ2n) is 4.99. The Kier molecular flexibility index (Phi) is 6.33. The molecule has 2 rings (SSSR count). The summed E-state index contributed by atoms with van der Waals surface area (Å²) in [6, 6.07) is 4.62. The summed E-state index contributed by atoms with van der Waals surface area (Å²) in [4.78, 5) is 27.1. The Labute approximate surface area is 141 Å². The predicted octanol–water partition coefficient (Wildman–Crippen LogP) is 1.98. The normalized spacial score (nSPS) is 10.2. The van der Waals surface area contributed by atoms with Crippen molar-refractivity contribution in [2.45, 2.75) is 6.42 Å². The van der Waals surface area contributed by atoms with Gasteiger partial charge in [-0.15, -0.1) is 0 Å². The predicted molar refractivity (Wildman–Crippen MR) is 84.3 cm³/mol. The van der Waals surface area contributed by atoms with Gasteiger partial charge in [0.05, 0.1) is 12.2 Å². The van der Waals surface area contributed by atoms with Crippen LogP contribution in [0.3, 0.4) is 0 Å². The molecule has 0 fully saturated rings. The SMILES string of the molecule is O=C(CNC(=O)NCCc1cccnc1)Nc1ccc(F)c(F)c1F. The fourth-order valence-corrected chi connectivity index (χ4v) is 1.91. The average molecular weight is 352 g/mol. The zero-order chi connectivity index (χ0) is 18.2. The molecule has 0 aliphatic carbocycles. The number of amides is 3. The summed E-state index contributed by atoms with van der Waals surface area (Å²) in [7, 11) is 0. The Morgan fingerprint density at radius 3 is 2.56 bits per heavy atom. The molecule has 1 aromatic carbocycles. The molecule has 25 heavy (non-hydrogen) atoms. The number of carbonyl (C=O) groups excluding carboxylic acids is 2. The maximum absolute atomic E-state index is 13.4. The van der Waals surface area contributed by atoms with Gasteiger partial charge in [0.25, 0.3) is 0 Å². The van der Waals surface area contributed by atoms with Gasteiger partial charge < -0.3 is 16.0 Å². The van der Waals surface area contributed by atoms with E-state index in [1.165, 1.54) is 0 Å². The van der Waals surface area contributed by atoms with Gasteiger partial charge in [0.15, 0.2) is 17.5 Å². The number of carbonyl (C=O) groups is 2. The second-order valence-corrected chi connectivity index (χ2v) is 4.99. The van der Waals surface area contributed by atoms with Crippen molar-refractivity contribution in [3.8, 4) is 0 Å². The first-order valence-electron chi connectivity index (χ1n) is 7.31. The molecule has 0 bridgehead atoms. The molecule has 132 valence electrons. The molecule has 0 saturated carbocycles. The standard InChI is InChI=1S/C16H15F3N4O2/c17-11-3-4-12(15(19)14(11)18)23-13(24)9-22-16(25)21-7-5-10-2-1-6-20-8-10/h1-4,6,8H,5,7,9H2,(H,23,24)(H2,21,22,25). The first-order chi connectivity index (χ1) is 12.0.